The quantitative estimate of drug-likeness (QED) is 0.302. The number of fused-ring (bicyclic) bond motifs is 1. The number of aldehydes is 1. The summed E-state index contributed by atoms with van der Waals surface area (Å²) >= 11 is 0. The third kappa shape index (κ3) is 4.31. The van der Waals surface area contributed by atoms with Crippen molar-refractivity contribution < 1.29 is 4.79 Å². The van der Waals surface area contributed by atoms with Gasteiger partial charge in [-0.1, -0.05) is 49.7 Å². The minimum atomic E-state index is -0.492. The molecular weight excluding hydrogens is 398 g/mol. The molecule has 0 amide bonds. The second kappa shape index (κ2) is 9.58. The number of aromatic nitrogens is 1. The van der Waals surface area contributed by atoms with Crippen LogP contribution in [0.5, 0.6) is 0 Å². The fraction of sp³-hybridized carbons (Fsp3) is 0.192. The van der Waals surface area contributed by atoms with Gasteiger partial charge in [-0.3, -0.25) is 0 Å². The van der Waals surface area contributed by atoms with Crippen molar-refractivity contribution in [3.63, 3.8) is 0 Å². The highest BCUT2D eigenvalue weighted by Gasteiger charge is 2.23. The molecular formula is C26H27N5O. The molecule has 0 aliphatic carbocycles. The number of benzene rings is 2. The van der Waals surface area contributed by atoms with E-state index >= 15 is 0 Å². The van der Waals surface area contributed by atoms with Crippen molar-refractivity contribution in [3.05, 3.63) is 83.1 Å². The lowest BCUT2D eigenvalue weighted by atomic mass is 9.95. The highest BCUT2D eigenvalue weighted by molar-refractivity contribution is 5.99. The molecule has 0 bridgehead atoms. The summed E-state index contributed by atoms with van der Waals surface area (Å²) in [7, 11) is 0. The summed E-state index contributed by atoms with van der Waals surface area (Å²) in [5, 5.41) is 14.8. The van der Waals surface area contributed by atoms with E-state index < -0.39 is 6.04 Å². The van der Waals surface area contributed by atoms with E-state index in [9.17, 15) is 4.79 Å². The molecule has 1 aromatic heterocycles. The Bertz CT molecular complexity index is 1180. The fourth-order valence-electron chi connectivity index (χ4n) is 3.92. The first-order valence-electron chi connectivity index (χ1n) is 10.8. The van der Waals surface area contributed by atoms with Crippen LogP contribution in [0.25, 0.3) is 17.3 Å². The molecule has 0 radical (unpaired) electrons. The van der Waals surface area contributed by atoms with Gasteiger partial charge in [-0.25, -0.2) is 4.98 Å². The van der Waals surface area contributed by atoms with Crippen molar-refractivity contribution in [1.82, 2.24) is 10.3 Å². The number of carbonyl (C=O) groups is 1. The monoisotopic (exact) mass is 425 g/mol. The maximum absolute atomic E-state index is 11.8. The zero-order chi connectivity index (χ0) is 22.5. The van der Waals surface area contributed by atoms with Crippen molar-refractivity contribution in [2.45, 2.75) is 32.4 Å². The van der Waals surface area contributed by atoms with Crippen molar-refractivity contribution in [1.29, 1.82) is 5.41 Å². The van der Waals surface area contributed by atoms with Gasteiger partial charge in [0.15, 0.2) is 0 Å². The van der Waals surface area contributed by atoms with Crippen LogP contribution in [0, 0.1) is 5.41 Å². The highest BCUT2D eigenvalue weighted by Crippen LogP contribution is 2.34. The minimum Gasteiger partial charge on any atom is -0.378 e. The Kier molecular flexibility index (Phi) is 6.42. The van der Waals surface area contributed by atoms with Gasteiger partial charge in [-0.05, 0) is 53.6 Å². The molecule has 2 aromatic carbocycles. The molecule has 6 heteroatoms. The van der Waals surface area contributed by atoms with E-state index in [-0.39, 0.29) is 0 Å². The predicted octanol–water partition coefficient (Wildman–Crippen LogP) is 4.93. The first-order chi connectivity index (χ1) is 15.6. The van der Waals surface area contributed by atoms with E-state index in [1.54, 1.807) is 6.20 Å². The number of para-hydroxylation sites is 1. The Balaban J connectivity index is 1.83. The fourth-order valence-corrected chi connectivity index (χ4v) is 3.92. The average Bonchev–Trinajstić information content (AvgIpc) is 2.84. The molecule has 0 spiro atoms. The largest absolute Gasteiger partial charge is 0.378 e. The summed E-state index contributed by atoms with van der Waals surface area (Å²) in [5.74, 6) is 0.612. The van der Waals surface area contributed by atoms with E-state index in [0.717, 1.165) is 58.3 Å². The molecule has 0 saturated heterocycles. The normalized spacial score (nSPS) is 14.4. The number of hydrogen-bond donors (Lipinski definition) is 4. The number of nitrogens with zero attached hydrogens (tertiary/aromatic N) is 1. The van der Waals surface area contributed by atoms with Gasteiger partial charge in [0.2, 0.25) is 0 Å². The average molecular weight is 426 g/mol. The smallest absolute Gasteiger partial charge is 0.146 e. The highest BCUT2D eigenvalue weighted by atomic mass is 16.1. The zero-order valence-electron chi connectivity index (χ0n) is 18.1. The van der Waals surface area contributed by atoms with Crippen LogP contribution in [0.15, 0.2) is 60.8 Å². The van der Waals surface area contributed by atoms with E-state index in [2.05, 4.69) is 17.6 Å². The number of rotatable bonds is 8. The lowest BCUT2D eigenvalue weighted by Crippen LogP contribution is -2.23. The van der Waals surface area contributed by atoms with E-state index in [4.69, 9.17) is 16.1 Å². The molecule has 1 aliphatic rings. The molecule has 1 atom stereocenters. The maximum Gasteiger partial charge on any atom is 0.146 e. The summed E-state index contributed by atoms with van der Waals surface area (Å²) in [6.07, 6.45) is 6.29. The van der Waals surface area contributed by atoms with Crippen molar-refractivity contribution >= 4 is 29.6 Å². The van der Waals surface area contributed by atoms with Crippen LogP contribution in [-0.4, -0.2) is 17.0 Å². The summed E-state index contributed by atoms with van der Waals surface area (Å²) in [4.78, 5) is 16.7. The van der Waals surface area contributed by atoms with Crippen LogP contribution in [0.1, 0.15) is 48.1 Å². The number of anilines is 2. The molecule has 5 N–H and O–H groups in total. The SMILES string of the molecule is CCCC(=N)c1cccc(-c2cc3c(c(Nc4ccccc4CN)n2)C(C=O)NC=C3)c1. The van der Waals surface area contributed by atoms with Crippen LogP contribution in [0.2, 0.25) is 0 Å². The van der Waals surface area contributed by atoms with Gasteiger partial charge in [0.25, 0.3) is 0 Å². The molecule has 0 saturated carbocycles. The molecule has 1 unspecified atom stereocenters. The summed E-state index contributed by atoms with van der Waals surface area (Å²) in [5.41, 5.74) is 12.7. The number of pyridine rings is 1. The molecule has 2 heterocycles. The molecule has 4 rings (SSSR count). The van der Waals surface area contributed by atoms with Crippen molar-refractivity contribution in [2.75, 3.05) is 5.32 Å². The van der Waals surface area contributed by atoms with Gasteiger partial charge in [-0.15, -0.1) is 0 Å². The molecule has 162 valence electrons. The minimum absolute atomic E-state index is 0.391. The van der Waals surface area contributed by atoms with Crippen LogP contribution < -0.4 is 16.4 Å². The Morgan fingerprint density at radius 2 is 2.06 bits per heavy atom. The molecule has 6 nitrogen and oxygen atoms in total. The third-order valence-corrected chi connectivity index (χ3v) is 5.57. The van der Waals surface area contributed by atoms with Crippen molar-refractivity contribution in [2.24, 2.45) is 5.73 Å². The lowest BCUT2D eigenvalue weighted by Gasteiger charge is -2.24. The third-order valence-electron chi connectivity index (χ3n) is 5.57. The van der Waals surface area contributed by atoms with Gasteiger partial charge < -0.3 is 26.6 Å². The van der Waals surface area contributed by atoms with E-state index in [1.165, 1.54) is 0 Å². The Morgan fingerprint density at radius 1 is 1.22 bits per heavy atom. The Hall–Kier alpha value is -3.77. The standard InChI is InChI=1S/C26H27N5O/c1-2-6-21(28)17-8-5-9-18(13-17)23-14-19-11-12-29-24(16-32)25(19)26(31-23)30-22-10-4-3-7-20(22)15-27/h3-5,7-14,16,24,28-29H,2,6,15,27H2,1H3,(H,30,31). The maximum atomic E-state index is 11.8. The van der Waals surface area contributed by atoms with E-state index in [0.29, 0.717) is 18.1 Å². The first-order valence-corrected chi connectivity index (χ1v) is 10.8. The number of nitrogens with two attached hydrogens (primary N) is 1. The van der Waals surface area contributed by atoms with Gasteiger partial charge in [-0.2, -0.15) is 0 Å². The number of nitrogens with one attached hydrogen (secondary N) is 3. The summed E-state index contributed by atoms with van der Waals surface area (Å²) in [6, 6.07) is 17.2. The summed E-state index contributed by atoms with van der Waals surface area (Å²) < 4.78 is 0. The van der Waals surface area contributed by atoms with Gasteiger partial charge >= 0.3 is 0 Å². The van der Waals surface area contributed by atoms with Crippen LogP contribution in [0.4, 0.5) is 11.5 Å². The molecule has 32 heavy (non-hydrogen) atoms. The van der Waals surface area contributed by atoms with Crippen LogP contribution in [0.3, 0.4) is 0 Å². The summed E-state index contributed by atoms with van der Waals surface area (Å²) in [6.45, 7) is 2.46. The first kappa shape index (κ1) is 21.5. The Morgan fingerprint density at radius 3 is 2.84 bits per heavy atom. The lowest BCUT2D eigenvalue weighted by molar-refractivity contribution is -0.109. The zero-order valence-corrected chi connectivity index (χ0v) is 18.1. The molecule has 0 fully saturated rings. The van der Waals surface area contributed by atoms with Gasteiger partial charge in [0.05, 0.1) is 5.69 Å². The number of carbonyl (C=O) groups excluding carboxylic acids is 1. The Labute approximate surface area is 188 Å². The van der Waals surface area contributed by atoms with Crippen molar-refractivity contribution in [3.8, 4) is 11.3 Å². The predicted molar refractivity (Wildman–Crippen MR) is 130 cm³/mol. The van der Waals surface area contributed by atoms with Crippen LogP contribution in [-0.2, 0) is 11.3 Å². The molecule has 1 aliphatic heterocycles. The number of hydrogen-bond acceptors (Lipinski definition) is 6. The van der Waals surface area contributed by atoms with E-state index in [1.807, 2.05) is 60.7 Å². The second-order valence-electron chi connectivity index (χ2n) is 7.77. The molecule has 3 aromatic rings. The van der Waals surface area contributed by atoms with Gasteiger partial charge in [0.1, 0.15) is 18.1 Å². The second-order valence-corrected chi connectivity index (χ2v) is 7.77. The topological polar surface area (TPSA) is 104 Å². The van der Waals surface area contributed by atoms with Crippen LogP contribution >= 0.6 is 0 Å². The van der Waals surface area contributed by atoms with Gasteiger partial charge in [0, 0.05) is 29.1 Å².